The molecule has 38 heavy (non-hydrogen) atoms. The first-order valence-corrected chi connectivity index (χ1v) is 12.3. The summed E-state index contributed by atoms with van der Waals surface area (Å²) in [4.78, 5) is 15.0. The third kappa shape index (κ3) is 5.79. The number of fused-ring (bicyclic) bond motifs is 1. The molecule has 0 aliphatic rings. The third-order valence-corrected chi connectivity index (χ3v) is 6.91. The first-order valence-electron chi connectivity index (χ1n) is 12.3. The molecule has 1 heterocycles. The van der Waals surface area contributed by atoms with Crippen LogP contribution in [-0.2, 0) is 24.4 Å². The molecule has 1 atom stereocenters. The number of aromatic nitrogens is 1. The molecule has 1 unspecified atom stereocenters. The summed E-state index contributed by atoms with van der Waals surface area (Å²) < 4.78 is 53.2. The van der Waals surface area contributed by atoms with Crippen LogP contribution < -0.4 is 9.47 Å². The van der Waals surface area contributed by atoms with E-state index < -0.39 is 17.7 Å². The highest BCUT2D eigenvalue weighted by Gasteiger charge is 2.32. The molecule has 0 bridgehead atoms. The molecule has 0 fully saturated rings. The van der Waals surface area contributed by atoms with E-state index >= 15 is 0 Å². The Morgan fingerprint density at radius 1 is 0.974 bits per heavy atom. The number of hydrogen-bond donors (Lipinski definition) is 0. The van der Waals surface area contributed by atoms with Crippen LogP contribution in [0.5, 0.6) is 11.5 Å². The zero-order chi connectivity index (χ0) is 27.4. The topological polar surface area (TPSA) is 43.7 Å². The van der Waals surface area contributed by atoms with E-state index in [0.717, 1.165) is 34.2 Å². The van der Waals surface area contributed by atoms with Crippen LogP contribution in [0.25, 0.3) is 10.9 Å². The van der Waals surface area contributed by atoms with Gasteiger partial charge >= 0.3 is 6.18 Å². The van der Waals surface area contributed by atoms with Crippen molar-refractivity contribution in [3.8, 4) is 11.5 Å². The lowest BCUT2D eigenvalue weighted by Crippen LogP contribution is -2.30. The SMILES string of the molecule is COc1ccc(CCN(C)C(=O)CC(c2cccc(C(F)(F)F)c2)c2cn(C)c3ccccc23)cc1OC. The Morgan fingerprint density at radius 2 is 1.71 bits per heavy atom. The maximum absolute atomic E-state index is 13.5. The Hall–Kier alpha value is -3.94. The number of methoxy groups -OCH3 is 2. The molecule has 0 saturated heterocycles. The van der Waals surface area contributed by atoms with E-state index in [2.05, 4.69) is 0 Å². The number of para-hydroxylation sites is 1. The maximum atomic E-state index is 13.5. The van der Waals surface area contributed by atoms with Gasteiger partial charge in [0.25, 0.3) is 0 Å². The summed E-state index contributed by atoms with van der Waals surface area (Å²) in [6.07, 6.45) is -1.94. The first-order chi connectivity index (χ1) is 18.1. The largest absolute Gasteiger partial charge is 0.493 e. The molecule has 3 aromatic carbocycles. The Morgan fingerprint density at radius 3 is 2.42 bits per heavy atom. The van der Waals surface area contributed by atoms with E-state index in [0.29, 0.717) is 30.0 Å². The smallest absolute Gasteiger partial charge is 0.416 e. The zero-order valence-electron chi connectivity index (χ0n) is 21.9. The van der Waals surface area contributed by atoms with E-state index in [4.69, 9.17) is 9.47 Å². The molecule has 4 rings (SSSR count). The Kier molecular flexibility index (Phi) is 7.99. The molecule has 0 radical (unpaired) electrons. The zero-order valence-corrected chi connectivity index (χ0v) is 21.9. The number of carbonyl (C=O) groups excluding carboxylic acids is 1. The van der Waals surface area contributed by atoms with E-state index in [-0.39, 0.29) is 12.3 Å². The normalized spacial score (nSPS) is 12.4. The number of alkyl halides is 3. The fourth-order valence-electron chi connectivity index (χ4n) is 4.78. The van der Waals surface area contributed by atoms with Crippen molar-refractivity contribution < 1.29 is 27.4 Å². The fraction of sp³-hybridized carbons (Fsp3) is 0.300. The molecule has 1 aromatic heterocycles. The lowest BCUT2D eigenvalue weighted by Gasteiger charge is -2.23. The van der Waals surface area contributed by atoms with Gasteiger partial charge in [0, 0.05) is 50.1 Å². The molecule has 1 amide bonds. The van der Waals surface area contributed by atoms with E-state index in [1.807, 2.05) is 60.3 Å². The summed E-state index contributed by atoms with van der Waals surface area (Å²) in [5.41, 5.74) is 2.48. The summed E-state index contributed by atoms with van der Waals surface area (Å²) >= 11 is 0. The van der Waals surface area contributed by atoms with Crippen molar-refractivity contribution in [3.63, 3.8) is 0 Å². The van der Waals surface area contributed by atoms with Crippen molar-refractivity contribution >= 4 is 16.8 Å². The number of amides is 1. The minimum Gasteiger partial charge on any atom is -0.493 e. The van der Waals surface area contributed by atoms with Gasteiger partial charge in [-0.2, -0.15) is 13.2 Å². The number of aryl methyl sites for hydroxylation is 1. The van der Waals surface area contributed by atoms with Gasteiger partial charge in [0.05, 0.1) is 19.8 Å². The first kappa shape index (κ1) is 27.1. The molecular formula is C30H31F3N2O3. The molecule has 0 spiro atoms. The highest BCUT2D eigenvalue weighted by molar-refractivity contribution is 5.86. The molecule has 5 nitrogen and oxygen atoms in total. The van der Waals surface area contributed by atoms with E-state index in [1.165, 1.54) is 6.07 Å². The number of rotatable bonds is 9. The number of likely N-dealkylation sites (N-methyl/N-ethyl adjacent to an activating group) is 1. The van der Waals surface area contributed by atoms with Crippen LogP contribution >= 0.6 is 0 Å². The Bertz CT molecular complexity index is 1430. The molecule has 200 valence electrons. The number of nitrogens with zero attached hydrogens (tertiary/aromatic N) is 2. The average molecular weight is 525 g/mol. The lowest BCUT2D eigenvalue weighted by atomic mass is 9.87. The number of benzene rings is 3. The van der Waals surface area contributed by atoms with Crippen molar-refractivity contribution in [2.24, 2.45) is 7.05 Å². The van der Waals surface area contributed by atoms with Gasteiger partial charge in [-0.1, -0.05) is 42.5 Å². The monoisotopic (exact) mass is 524 g/mol. The van der Waals surface area contributed by atoms with Gasteiger partial charge in [-0.05, 0) is 47.4 Å². The van der Waals surface area contributed by atoms with Crippen LogP contribution in [0.1, 0.15) is 34.6 Å². The predicted octanol–water partition coefficient (Wildman–Crippen LogP) is 6.44. The van der Waals surface area contributed by atoms with Crippen LogP contribution in [0, 0.1) is 0 Å². The second-order valence-corrected chi connectivity index (χ2v) is 9.35. The van der Waals surface area contributed by atoms with Crippen LogP contribution in [0.3, 0.4) is 0 Å². The molecule has 8 heteroatoms. The van der Waals surface area contributed by atoms with E-state index in [1.54, 1.807) is 32.2 Å². The minimum atomic E-state index is -4.47. The lowest BCUT2D eigenvalue weighted by molar-refractivity contribution is -0.137. The quantitative estimate of drug-likeness (QED) is 0.253. The molecule has 0 N–H and O–H groups in total. The van der Waals surface area contributed by atoms with Gasteiger partial charge < -0.3 is 18.9 Å². The molecule has 0 aliphatic carbocycles. The summed E-state index contributed by atoms with van der Waals surface area (Å²) in [5.74, 6) is 0.541. The molecule has 4 aromatic rings. The summed E-state index contributed by atoms with van der Waals surface area (Å²) in [7, 11) is 6.75. The van der Waals surface area contributed by atoms with Crippen LogP contribution in [0.15, 0.2) is 72.9 Å². The van der Waals surface area contributed by atoms with Gasteiger partial charge in [-0.25, -0.2) is 0 Å². The van der Waals surface area contributed by atoms with E-state index in [9.17, 15) is 18.0 Å². The third-order valence-electron chi connectivity index (χ3n) is 6.91. The highest BCUT2D eigenvalue weighted by Crippen LogP contribution is 2.38. The van der Waals surface area contributed by atoms with Gasteiger partial charge in [-0.15, -0.1) is 0 Å². The maximum Gasteiger partial charge on any atom is 0.416 e. The predicted molar refractivity (Wildman–Crippen MR) is 142 cm³/mol. The standard InChI is InChI=1S/C30H31F3N2O3/c1-34(15-14-20-12-13-27(37-3)28(16-20)38-4)29(36)18-24(21-8-7-9-22(17-21)30(31,32)33)25-19-35(2)26-11-6-5-10-23(25)26/h5-13,16-17,19,24H,14-15,18H2,1-4H3. The Balaban J connectivity index is 1.61. The van der Waals surface area contributed by atoms with Crippen molar-refractivity contribution in [3.05, 3.63) is 95.2 Å². The van der Waals surface area contributed by atoms with Crippen molar-refractivity contribution in [1.29, 1.82) is 0 Å². The molecule has 0 saturated carbocycles. The molecule has 0 aliphatic heterocycles. The van der Waals surface area contributed by atoms with Crippen molar-refractivity contribution in [1.82, 2.24) is 9.47 Å². The van der Waals surface area contributed by atoms with Crippen molar-refractivity contribution in [2.75, 3.05) is 27.8 Å². The van der Waals surface area contributed by atoms with Crippen molar-refractivity contribution in [2.45, 2.75) is 24.9 Å². The number of ether oxygens (including phenoxy) is 2. The van der Waals surface area contributed by atoms with Gasteiger partial charge in [0.2, 0.25) is 5.91 Å². The Labute approximate surface area is 220 Å². The second kappa shape index (κ2) is 11.2. The summed E-state index contributed by atoms with van der Waals surface area (Å²) in [5, 5.41) is 0.915. The van der Waals surface area contributed by atoms with Crippen LogP contribution in [0.4, 0.5) is 13.2 Å². The number of hydrogen-bond acceptors (Lipinski definition) is 3. The fourth-order valence-corrected chi connectivity index (χ4v) is 4.78. The summed E-state index contributed by atoms with van der Waals surface area (Å²) in [6, 6.07) is 18.6. The average Bonchev–Trinajstić information content (AvgIpc) is 3.25. The number of carbonyl (C=O) groups is 1. The van der Waals surface area contributed by atoms with Gasteiger partial charge in [0.15, 0.2) is 11.5 Å². The van der Waals surface area contributed by atoms with Gasteiger partial charge in [-0.3, -0.25) is 4.79 Å². The summed E-state index contributed by atoms with van der Waals surface area (Å²) in [6.45, 7) is 0.444. The number of halogens is 3. The highest BCUT2D eigenvalue weighted by atomic mass is 19.4. The van der Waals surface area contributed by atoms with Crippen LogP contribution in [0.2, 0.25) is 0 Å². The van der Waals surface area contributed by atoms with Crippen LogP contribution in [-0.4, -0.2) is 43.2 Å². The van der Waals surface area contributed by atoms with Gasteiger partial charge in [0.1, 0.15) is 0 Å². The molecular weight excluding hydrogens is 493 g/mol. The minimum absolute atomic E-state index is 0.0394. The second-order valence-electron chi connectivity index (χ2n) is 9.35.